The van der Waals surface area contributed by atoms with E-state index < -0.39 is 5.41 Å². The van der Waals surface area contributed by atoms with Crippen molar-refractivity contribution in [3.8, 4) is 0 Å². The lowest BCUT2D eigenvalue weighted by molar-refractivity contribution is -0.131. The second-order valence-electron chi connectivity index (χ2n) is 6.25. The van der Waals surface area contributed by atoms with Crippen molar-refractivity contribution in [3.63, 3.8) is 0 Å². The molecule has 0 radical (unpaired) electrons. The lowest BCUT2D eigenvalue weighted by Gasteiger charge is -2.18. The summed E-state index contributed by atoms with van der Waals surface area (Å²) in [4.78, 5) is 23.3. The molecule has 19 heavy (non-hydrogen) atoms. The van der Waals surface area contributed by atoms with E-state index in [9.17, 15) is 9.59 Å². The molecule has 0 saturated carbocycles. The number of unbranched alkanes of at least 4 members (excludes halogenated alkanes) is 3. The first kappa shape index (κ1) is 17.9. The lowest BCUT2D eigenvalue weighted by Crippen LogP contribution is -2.43. The molecule has 2 amide bonds. The summed E-state index contributed by atoms with van der Waals surface area (Å²) >= 11 is 0. The van der Waals surface area contributed by atoms with Gasteiger partial charge in [0.1, 0.15) is 0 Å². The maximum atomic E-state index is 11.6. The molecule has 1 unspecified atom stereocenters. The van der Waals surface area contributed by atoms with Crippen LogP contribution in [0.1, 0.15) is 66.7 Å². The summed E-state index contributed by atoms with van der Waals surface area (Å²) in [6, 6.07) is 0.177. The van der Waals surface area contributed by atoms with Crippen LogP contribution in [0.3, 0.4) is 0 Å². The van der Waals surface area contributed by atoms with Gasteiger partial charge in [0.2, 0.25) is 11.8 Å². The SMILES string of the molecule is CCCCCCC(C)NC(=O)CNC(=O)C(C)(C)C. The zero-order chi connectivity index (χ0) is 14.9. The zero-order valence-electron chi connectivity index (χ0n) is 13.1. The van der Waals surface area contributed by atoms with Crippen molar-refractivity contribution >= 4 is 11.8 Å². The number of nitrogens with one attached hydrogen (secondary N) is 2. The molecule has 112 valence electrons. The van der Waals surface area contributed by atoms with Gasteiger partial charge in [0.05, 0.1) is 6.54 Å². The fourth-order valence-electron chi connectivity index (χ4n) is 1.70. The van der Waals surface area contributed by atoms with Crippen molar-refractivity contribution in [1.82, 2.24) is 10.6 Å². The van der Waals surface area contributed by atoms with E-state index in [0.717, 1.165) is 12.8 Å². The molecule has 0 aliphatic carbocycles. The average molecular weight is 270 g/mol. The smallest absolute Gasteiger partial charge is 0.239 e. The Labute approximate surface area is 117 Å². The molecule has 0 aromatic heterocycles. The van der Waals surface area contributed by atoms with Gasteiger partial charge in [-0.15, -0.1) is 0 Å². The van der Waals surface area contributed by atoms with E-state index in [2.05, 4.69) is 17.6 Å². The molecule has 0 spiro atoms. The van der Waals surface area contributed by atoms with E-state index in [-0.39, 0.29) is 24.4 Å². The Balaban J connectivity index is 3.76. The number of carbonyl (C=O) groups is 2. The van der Waals surface area contributed by atoms with E-state index in [0.29, 0.717) is 0 Å². The standard InChI is InChI=1S/C15H30N2O2/c1-6-7-8-9-10-12(2)17-13(18)11-16-14(19)15(3,4)5/h12H,6-11H2,1-5H3,(H,16,19)(H,17,18). The number of amides is 2. The summed E-state index contributed by atoms with van der Waals surface area (Å²) < 4.78 is 0. The molecular weight excluding hydrogens is 240 g/mol. The zero-order valence-corrected chi connectivity index (χ0v) is 13.1. The second-order valence-corrected chi connectivity index (χ2v) is 6.25. The Morgan fingerprint density at radius 3 is 2.26 bits per heavy atom. The van der Waals surface area contributed by atoms with Crippen molar-refractivity contribution < 1.29 is 9.59 Å². The van der Waals surface area contributed by atoms with Gasteiger partial charge >= 0.3 is 0 Å². The van der Waals surface area contributed by atoms with Crippen LogP contribution in [0.25, 0.3) is 0 Å². The van der Waals surface area contributed by atoms with Crippen LogP contribution in [-0.2, 0) is 9.59 Å². The van der Waals surface area contributed by atoms with Crippen molar-refractivity contribution in [2.75, 3.05) is 6.54 Å². The van der Waals surface area contributed by atoms with Gasteiger partial charge < -0.3 is 10.6 Å². The molecule has 0 rings (SSSR count). The Kier molecular flexibility index (Phi) is 8.44. The van der Waals surface area contributed by atoms with Crippen molar-refractivity contribution in [3.05, 3.63) is 0 Å². The number of carbonyl (C=O) groups excluding carboxylic acids is 2. The minimum absolute atomic E-state index is 0.0649. The molecule has 4 heteroatoms. The Morgan fingerprint density at radius 2 is 1.74 bits per heavy atom. The monoisotopic (exact) mass is 270 g/mol. The molecule has 0 bridgehead atoms. The highest BCUT2D eigenvalue weighted by molar-refractivity contribution is 5.87. The topological polar surface area (TPSA) is 58.2 Å². The summed E-state index contributed by atoms with van der Waals surface area (Å²) in [5, 5.41) is 5.56. The minimum Gasteiger partial charge on any atom is -0.352 e. The average Bonchev–Trinajstić information content (AvgIpc) is 2.30. The second kappa shape index (κ2) is 8.94. The van der Waals surface area contributed by atoms with Crippen LogP contribution in [0, 0.1) is 5.41 Å². The summed E-state index contributed by atoms with van der Waals surface area (Å²) in [5.74, 6) is -0.209. The van der Waals surface area contributed by atoms with Crippen LogP contribution in [0.2, 0.25) is 0 Å². The molecule has 0 saturated heterocycles. The third-order valence-electron chi connectivity index (χ3n) is 2.99. The largest absolute Gasteiger partial charge is 0.352 e. The van der Waals surface area contributed by atoms with E-state index in [1.807, 2.05) is 27.7 Å². The predicted octanol–water partition coefficient (Wildman–Crippen LogP) is 2.62. The highest BCUT2D eigenvalue weighted by atomic mass is 16.2. The molecule has 0 aliphatic heterocycles. The predicted molar refractivity (Wildman–Crippen MR) is 78.8 cm³/mol. The minimum atomic E-state index is -0.452. The highest BCUT2D eigenvalue weighted by Gasteiger charge is 2.21. The first-order valence-electron chi connectivity index (χ1n) is 7.35. The third-order valence-corrected chi connectivity index (χ3v) is 2.99. The molecule has 0 aliphatic rings. The van der Waals surface area contributed by atoms with E-state index in [1.165, 1.54) is 19.3 Å². The molecule has 0 aromatic rings. The number of hydrogen-bond acceptors (Lipinski definition) is 2. The normalized spacial score (nSPS) is 12.9. The quantitative estimate of drug-likeness (QED) is 0.666. The van der Waals surface area contributed by atoms with Crippen LogP contribution >= 0.6 is 0 Å². The van der Waals surface area contributed by atoms with Crippen LogP contribution in [0.15, 0.2) is 0 Å². The molecule has 1 atom stereocenters. The van der Waals surface area contributed by atoms with Crippen molar-refractivity contribution in [2.24, 2.45) is 5.41 Å². The van der Waals surface area contributed by atoms with Crippen LogP contribution in [0.5, 0.6) is 0 Å². The molecule has 0 aromatic carbocycles. The van der Waals surface area contributed by atoms with E-state index >= 15 is 0 Å². The summed E-state index contributed by atoms with van der Waals surface area (Å²) in [7, 11) is 0. The summed E-state index contributed by atoms with van der Waals surface area (Å²) in [5.41, 5.74) is -0.452. The van der Waals surface area contributed by atoms with Gasteiger partial charge in [0.15, 0.2) is 0 Å². The van der Waals surface area contributed by atoms with Gasteiger partial charge in [-0.3, -0.25) is 9.59 Å². The Hall–Kier alpha value is -1.06. The first-order chi connectivity index (χ1) is 8.77. The molecule has 4 nitrogen and oxygen atoms in total. The van der Waals surface area contributed by atoms with Crippen molar-refractivity contribution in [2.45, 2.75) is 72.8 Å². The van der Waals surface area contributed by atoms with Gasteiger partial charge in [-0.05, 0) is 13.3 Å². The first-order valence-corrected chi connectivity index (χ1v) is 7.35. The molecular formula is C15H30N2O2. The van der Waals surface area contributed by atoms with Crippen LogP contribution in [0.4, 0.5) is 0 Å². The van der Waals surface area contributed by atoms with E-state index in [4.69, 9.17) is 0 Å². The van der Waals surface area contributed by atoms with Crippen molar-refractivity contribution in [1.29, 1.82) is 0 Å². The Bertz CT molecular complexity index is 282. The fourth-order valence-corrected chi connectivity index (χ4v) is 1.70. The number of rotatable bonds is 8. The molecule has 0 heterocycles. The van der Waals surface area contributed by atoms with Crippen LogP contribution < -0.4 is 10.6 Å². The number of hydrogen-bond donors (Lipinski definition) is 2. The summed E-state index contributed by atoms with van der Waals surface area (Å²) in [6.45, 7) is 9.75. The van der Waals surface area contributed by atoms with Gasteiger partial charge in [-0.25, -0.2) is 0 Å². The van der Waals surface area contributed by atoms with E-state index in [1.54, 1.807) is 0 Å². The van der Waals surface area contributed by atoms with Gasteiger partial charge in [-0.2, -0.15) is 0 Å². The molecule has 0 fully saturated rings. The summed E-state index contributed by atoms with van der Waals surface area (Å²) in [6.07, 6.45) is 5.84. The van der Waals surface area contributed by atoms with Gasteiger partial charge in [0.25, 0.3) is 0 Å². The van der Waals surface area contributed by atoms with Gasteiger partial charge in [-0.1, -0.05) is 53.4 Å². The van der Waals surface area contributed by atoms with Crippen LogP contribution in [-0.4, -0.2) is 24.4 Å². The maximum absolute atomic E-state index is 11.6. The Morgan fingerprint density at radius 1 is 1.11 bits per heavy atom. The highest BCUT2D eigenvalue weighted by Crippen LogP contribution is 2.11. The third kappa shape index (κ3) is 9.51. The lowest BCUT2D eigenvalue weighted by atomic mass is 9.96. The van der Waals surface area contributed by atoms with Gasteiger partial charge in [0, 0.05) is 11.5 Å². The molecule has 2 N–H and O–H groups in total. The maximum Gasteiger partial charge on any atom is 0.239 e. The fraction of sp³-hybridized carbons (Fsp3) is 0.867.